The summed E-state index contributed by atoms with van der Waals surface area (Å²) in [7, 11) is 1.81. The highest BCUT2D eigenvalue weighted by atomic mass is 16.6. The van der Waals surface area contributed by atoms with Crippen LogP contribution in [0.1, 0.15) is 17.0 Å². The van der Waals surface area contributed by atoms with Crippen LogP contribution in [0.2, 0.25) is 0 Å². The summed E-state index contributed by atoms with van der Waals surface area (Å²) in [5.74, 6) is 0.113. The predicted octanol–water partition coefficient (Wildman–Crippen LogP) is 0.929. The van der Waals surface area contributed by atoms with Gasteiger partial charge in [-0.25, -0.2) is 4.98 Å². The van der Waals surface area contributed by atoms with Crippen molar-refractivity contribution < 1.29 is 4.92 Å². The van der Waals surface area contributed by atoms with Crippen LogP contribution >= 0.6 is 0 Å². The zero-order valence-corrected chi connectivity index (χ0v) is 11.4. The number of aryl methyl sites for hydroxylation is 3. The molecule has 9 heteroatoms. The first-order valence-corrected chi connectivity index (χ1v) is 5.90. The van der Waals surface area contributed by atoms with Gasteiger partial charge in [-0.15, -0.1) is 0 Å². The van der Waals surface area contributed by atoms with E-state index in [4.69, 9.17) is 5.73 Å². The second-order valence-electron chi connectivity index (χ2n) is 4.39. The first-order chi connectivity index (χ1) is 9.38. The lowest BCUT2D eigenvalue weighted by atomic mass is 10.2. The quantitative estimate of drug-likeness (QED) is 0.629. The van der Waals surface area contributed by atoms with Gasteiger partial charge >= 0.3 is 5.69 Å². The van der Waals surface area contributed by atoms with Gasteiger partial charge in [0.25, 0.3) is 0 Å². The van der Waals surface area contributed by atoms with Crippen molar-refractivity contribution in [1.29, 1.82) is 0 Å². The van der Waals surface area contributed by atoms with Crippen molar-refractivity contribution in [3.05, 3.63) is 33.3 Å². The summed E-state index contributed by atoms with van der Waals surface area (Å²) < 4.78 is 1.68. The maximum Gasteiger partial charge on any atom is 0.332 e. The molecule has 2 heterocycles. The van der Waals surface area contributed by atoms with E-state index in [0.717, 1.165) is 11.3 Å². The van der Waals surface area contributed by atoms with Crippen molar-refractivity contribution in [2.45, 2.75) is 20.4 Å². The molecule has 0 atom stereocenters. The van der Waals surface area contributed by atoms with E-state index in [1.807, 2.05) is 20.2 Å². The molecule has 0 amide bonds. The first kappa shape index (κ1) is 13.7. The Bertz CT molecular complexity index is 665. The maximum atomic E-state index is 11.1. The van der Waals surface area contributed by atoms with Crippen molar-refractivity contribution >= 4 is 17.5 Å². The van der Waals surface area contributed by atoms with Gasteiger partial charge in [-0.3, -0.25) is 14.8 Å². The fourth-order valence-corrected chi connectivity index (χ4v) is 1.93. The molecule has 0 aliphatic carbocycles. The highest BCUT2D eigenvalue weighted by molar-refractivity contribution is 5.60. The van der Waals surface area contributed by atoms with E-state index < -0.39 is 4.92 Å². The number of rotatable bonds is 4. The van der Waals surface area contributed by atoms with E-state index in [9.17, 15) is 10.1 Å². The minimum atomic E-state index is -0.521. The van der Waals surface area contributed by atoms with Gasteiger partial charge in [0.15, 0.2) is 0 Å². The number of hydrogen-bond acceptors (Lipinski definition) is 7. The molecule has 0 unspecified atom stereocenters. The second kappa shape index (κ2) is 5.11. The Morgan fingerprint density at radius 1 is 1.40 bits per heavy atom. The fourth-order valence-electron chi connectivity index (χ4n) is 1.93. The van der Waals surface area contributed by atoms with E-state index >= 15 is 0 Å². The Morgan fingerprint density at radius 2 is 2.10 bits per heavy atom. The van der Waals surface area contributed by atoms with Crippen molar-refractivity contribution in [1.82, 2.24) is 19.7 Å². The third-order valence-corrected chi connectivity index (χ3v) is 2.82. The summed E-state index contributed by atoms with van der Waals surface area (Å²) in [5, 5.41) is 18.2. The molecule has 2 rings (SSSR count). The van der Waals surface area contributed by atoms with Gasteiger partial charge in [-0.05, 0) is 13.8 Å². The molecule has 0 saturated heterocycles. The summed E-state index contributed by atoms with van der Waals surface area (Å²) >= 11 is 0. The summed E-state index contributed by atoms with van der Waals surface area (Å²) in [6, 6.07) is 0. The summed E-state index contributed by atoms with van der Waals surface area (Å²) in [4.78, 5) is 18.2. The van der Waals surface area contributed by atoms with Crippen LogP contribution in [0.25, 0.3) is 0 Å². The van der Waals surface area contributed by atoms with E-state index in [1.54, 1.807) is 4.68 Å². The summed E-state index contributed by atoms with van der Waals surface area (Å²) in [6.45, 7) is 3.76. The number of nitrogens with two attached hydrogens (primary N) is 1. The lowest BCUT2D eigenvalue weighted by Gasteiger charge is -2.07. The molecule has 0 bridgehead atoms. The molecular formula is C11H15N7O2. The number of nitro groups is 1. The average molecular weight is 277 g/mol. The number of nitrogens with one attached hydrogen (secondary N) is 1. The maximum absolute atomic E-state index is 11.1. The van der Waals surface area contributed by atoms with Crippen LogP contribution in [0, 0.1) is 24.0 Å². The van der Waals surface area contributed by atoms with Crippen LogP contribution < -0.4 is 11.1 Å². The molecule has 0 aromatic carbocycles. The third kappa shape index (κ3) is 2.66. The highest BCUT2D eigenvalue weighted by Gasteiger charge is 2.21. The topological polar surface area (TPSA) is 125 Å². The fraction of sp³-hybridized carbons (Fsp3) is 0.364. The van der Waals surface area contributed by atoms with Crippen molar-refractivity contribution in [2.24, 2.45) is 7.05 Å². The molecule has 2 aromatic rings. The predicted molar refractivity (Wildman–Crippen MR) is 73.1 cm³/mol. The summed E-state index contributed by atoms with van der Waals surface area (Å²) in [6.07, 6.45) is 1.84. The van der Waals surface area contributed by atoms with Crippen LogP contribution in [-0.4, -0.2) is 24.7 Å². The van der Waals surface area contributed by atoms with Gasteiger partial charge in [0.1, 0.15) is 5.69 Å². The molecule has 3 N–H and O–H groups in total. The molecule has 0 fully saturated rings. The molecule has 0 aliphatic rings. The second-order valence-corrected chi connectivity index (χ2v) is 4.39. The number of nitrogens with zero attached hydrogens (tertiary/aromatic N) is 5. The highest BCUT2D eigenvalue weighted by Crippen LogP contribution is 2.26. The minimum absolute atomic E-state index is 0.00138. The van der Waals surface area contributed by atoms with Gasteiger partial charge in [0, 0.05) is 25.4 Å². The number of aromatic nitrogens is 4. The van der Waals surface area contributed by atoms with E-state index in [-0.39, 0.29) is 23.1 Å². The lowest BCUT2D eigenvalue weighted by molar-refractivity contribution is -0.385. The van der Waals surface area contributed by atoms with Crippen LogP contribution in [0.3, 0.4) is 0 Å². The largest absolute Gasteiger partial charge is 0.368 e. The Kier molecular flexibility index (Phi) is 3.51. The Labute approximate surface area is 115 Å². The molecule has 0 radical (unpaired) electrons. The number of hydrogen-bond donors (Lipinski definition) is 2. The first-order valence-electron chi connectivity index (χ1n) is 5.90. The minimum Gasteiger partial charge on any atom is -0.368 e. The van der Waals surface area contributed by atoms with Crippen LogP contribution in [0.15, 0.2) is 6.20 Å². The Hall–Kier alpha value is -2.71. The molecule has 9 nitrogen and oxygen atoms in total. The van der Waals surface area contributed by atoms with Crippen molar-refractivity contribution in [3.63, 3.8) is 0 Å². The van der Waals surface area contributed by atoms with Crippen LogP contribution in [0.5, 0.6) is 0 Å². The van der Waals surface area contributed by atoms with Crippen LogP contribution in [-0.2, 0) is 13.6 Å². The smallest absolute Gasteiger partial charge is 0.332 e. The van der Waals surface area contributed by atoms with Gasteiger partial charge in [0.05, 0.1) is 10.6 Å². The average Bonchev–Trinajstić information content (AvgIpc) is 2.63. The van der Waals surface area contributed by atoms with Gasteiger partial charge < -0.3 is 11.1 Å². The molecular weight excluding hydrogens is 262 g/mol. The molecule has 0 aliphatic heterocycles. The zero-order valence-electron chi connectivity index (χ0n) is 11.4. The number of nitrogen functional groups attached to an aromatic ring is 1. The molecule has 0 spiro atoms. The monoisotopic (exact) mass is 277 g/mol. The third-order valence-electron chi connectivity index (χ3n) is 2.82. The molecule has 106 valence electrons. The van der Waals surface area contributed by atoms with E-state index in [0.29, 0.717) is 6.54 Å². The van der Waals surface area contributed by atoms with Crippen molar-refractivity contribution in [3.8, 4) is 0 Å². The molecule has 20 heavy (non-hydrogen) atoms. The zero-order chi connectivity index (χ0) is 14.9. The Balaban J connectivity index is 2.29. The van der Waals surface area contributed by atoms with Crippen molar-refractivity contribution in [2.75, 3.05) is 11.1 Å². The van der Waals surface area contributed by atoms with E-state index in [2.05, 4.69) is 20.4 Å². The molecule has 2 aromatic heterocycles. The van der Waals surface area contributed by atoms with E-state index in [1.165, 1.54) is 6.92 Å². The molecule has 0 saturated carbocycles. The lowest BCUT2D eigenvalue weighted by Crippen LogP contribution is -2.09. The Morgan fingerprint density at radius 3 is 2.65 bits per heavy atom. The van der Waals surface area contributed by atoms with Gasteiger partial charge in [0.2, 0.25) is 11.8 Å². The SMILES string of the molecule is Cc1nn(C)cc1CNc1nc(N)nc(C)c1[N+](=O)[O-]. The van der Waals surface area contributed by atoms with Gasteiger partial charge in [-0.1, -0.05) is 0 Å². The van der Waals surface area contributed by atoms with Crippen LogP contribution in [0.4, 0.5) is 17.5 Å². The van der Waals surface area contributed by atoms with Gasteiger partial charge in [-0.2, -0.15) is 10.1 Å². The standard InChI is InChI=1S/C11H15N7O2/c1-6-8(5-17(3)16-6)4-13-10-9(18(19)20)7(2)14-11(12)15-10/h5H,4H2,1-3H3,(H3,12,13,14,15). The number of anilines is 2. The normalized spacial score (nSPS) is 10.6. The summed E-state index contributed by atoms with van der Waals surface area (Å²) in [5.41, 5.74) is 7.37.